The number of hydrogen-bond acceptors (Lipinski definition) is 8. The zero-order valence-electron chi connectivity index (χ0n) is 22.4. The van der Waals surface area contributed by atoms with Gasteiger partial charge in [0.1, 0.15) is 23.0 Å². The van der Waals surface area contributed by atoms with Gasteiger partial charge >= 0.3 is 17.9 Å². The van der Waals surface area contributed by atoms with E-state index in [0.29, 0.717) is 16.7 Å². The zero-order valence-corrected chi connectivity index (χ0v) is 22.4. The summed E-state index contributed by atoms with van der Waals surface area (Å²) in [6.07, 6.45) is 3.28. The molecule has 2 aromatic carbocycles. The molecule has 2 aromatic rings. The van der Waals surface area contributed by atoms with E-state index < -0.39 is 17.9 Å². The van der Waals surface area contributed by atoms with Gasteiger partial charge in [-0.3, -0.25) is 4.79 Å². The lowest BCUT2D eigenvalue weighted by atomic mass is 10.1. The highest BCUT2D eigenvalue weighted by Gasteiger charge is 2.14. The maximum absolute atomic E-state index is 12.2. The van der Waals surface area contributed by atoms with Gasteiger partial charge < -0.3 is 18.9 Å². The molecule has 0 heterocycles. The van der Waals surface area contributed by atoms with Gasteiger partial charge in [-0.05, 0) is 63.1 Å². The number of ketones is 1. The van der Waals surface area contributed by atoms with Crippen LogP contribution in [-0.4, -0.2) is 30.3 Å². The molecular formula is C31H30O8. The number of esters is 3. The van der Waals surface area contributed by atoms with Crippen LogP contribution in [0, 0.1) is 0 Å². The van der Waals surface area contributed by atoms with Crippen LogP contribution in [0.1, 0.15) is 38.8 Å². The lowest BCUT2D eigenvalue weighted by molar-refractivity contribution is -0.131. The summed E-state index contributed by atoms with van der Waals surface area (Å²) >= 11 is 0. The summed E-state index contributed by atoms with van der Waals surface area (Å²) < 4.78 is 21.6. The SMILES string of the molecule is C=C(C)C(=O)COc1cc(/C=C/c2ccc(OC(=O)C(=C)C)cc2OC(=O)C(=C)C)cc(OC(=O)C(=C)C)c1. The third kappa shape index (κ3) is 9.44. The first-order chi connectivity index (χ1) is 18.3. The van der Waals surface area contributed by atoms with Gasteiger partial charge in [-0.1, -0.05) is 38.5 Å². The third-order valence-corrected chi connectivity index (χ3v) is 4.86. The largest absolute Gasteiger partial charge is 0.485 e. The Morgan fingerprint density at radius 3 is 1.74 bits per heavy atom. The second-order valence-electron chi connectivity index (χ2n) is 8.77. The molecule has 39 heavy (non-hydrogen) atoms. The number of carbonyl (C=O) groups excluding carboxylic acids is 4. The van der Waals surface area contributed by atoms with Crippen LogP contribution in [0.25, 0.3) is 12.2 Å². The Morgan fingerprint density at radius 1 is 0.641 bits per heavy atom. The standard InChI is InChI=1S/C31H30O8/c1-18(2)27(32)17-36-25-13-22(14-26(15-25)38-30(34)20(5)6)9-10-23-11-12-24(37-29(33)19(3)4)16-28(23)39-31(35)21(7)8/h9-16H,1,3,5,7,17H2,2,4,6,8H3/b10-9+. The van der Waals surface area contributed by atoms with Gasteiger partial charge in [-0.25, -0.2) is 14.4 Å². The van der Waals surface area contributed by atoms with E-state index in [4.69, 9.17) is 18.9 Å². The maximum Gasteiger partial charge on any atom is 0.338 e. The fraction of sp³-hybridized carbons (Fsp3) is 0.161. The lowest BCUT2D eigenvalue weighted by Gasteiger charge is -2.11. The first-order valence-corrected chi connectivity index (χ1v) is 11.7. The molecule has 0 atom stereocenters. The molecule has 0 fully saturated rings. The van der Waals surface area contributed by atoms with Crippen molar-refractivity contribution in [2.45, 2.75) is 27.7 Å². The van der Waals surface area contributed by atoms with Crippen LogP contribution in [0.3, 0.4) is 0 Å². The second-order valence-corrected chi connectivity index (χ2v) is 8.77. The average molecular weight is 531 g/mol. The molecule has 0 bridgehead atoms. The predicted octanol–water partition coefficient (Wildman–Crippen LogP) is 5.83. The Hall–Kier alpha value is -4.98. The van der Waals surface area contributed by atoms with Gasteiger partial charge in [0.15, 0.2) is 12.4 Å². The summed E-state index contributed by atoms with van der Waals surface area (Å²) in [4.78, 5) is 48.2. The molecule has 0 aromatic heterocycles. The van der Waals surface area contributed by atoms with Crippen molar-refractivity contribution >= 4 is 35.8 Å². The summed E-state index contributed by atoms with van der Waals surface area (Å²) in [6, 6.07) is 9.18. The average Bonchev–Trinajstić information content (AvgIpc) is 2.86. The topological polar surface area (TPSA) is 105 Å². The third-order valence-electron chi connectivity index (χ3n) is 4.86. The van der Waals surface area contributed by atoms with Crippen molar-refractivity contribution in [3.05, 3.63) is 96.1 Å². The molecule has 2 rings (SSSR count). The minimum absolute atomic E-state index is 0.111. The van der Waals surface area contributed by atoms with Crippen molar-refractivity contribution in [3.8, 4) is 23.0 Å². The molecule has 0 unspecified atom stereocenters. The van der Waals surface area contributed by atoms with E-state index in [9.17, 15) is 19.2 Å². The van der Waals surface area contributed by atoms with Gasteiger partial charge in [0.25, 0.3) is 0 Å². The molecule has 0 aliphatic heterocycles. The minimum Gasteiger partial charge on any atom is -0.485 e. The number of carbonyl (C=O) groups is 4. The van der Waals surface area contributed by atoms with E-state index in [1.807, 2.05) is 0 Å². The van der Waals surface area contributed by atoms with Crippen LogP contribution >= 0.6 is 0 Å². The van der Waals surface area contributed by atoms with E-state index in [0.717, 1.165) is 0 Å². The Labute approximate surface area is 227 Å². The van der Waals surface area contributed by atoms with Crippen molar-refractivity contribution < 1.29 is 38.1 Å². The number of ether oxygens (including phenoxy) is 4. The van der Waals surface area contributed by atoms with Crippen LogP contribution in [0.2, 0.25) is 0 Å². The molecule has 0 N–H and O–H groups in total. The molecule has 0 aliphatic carbocycles. The number of hydrogen-bond donors (Lipinski definition) is 0. The van der Waals surface area contributed by atoms with Gasteiger partial charge in [0, 0.05) is 34.4 Å². The first kappa shape index (κ1) is 30.2. The highest BCUT2D eigenvalue weighted by molar-refractivity contribution is 5.95. The molecule has 8 nitrogen and oxygen atoms in total. The van der Waals surface area contributed by atoms with Crippen LogP contribution in [0.5, 0.6) is 23.0 Å². The fourth-order valence-corrected chi connectivity index (χ4v) is 2.67. The van der Waals surface area contributed by atoms with Crippen LogP contribution in [0.15, 0.2) is 85.0 Å². The van der Waals surface area contributed by atoms with Crippen LogP contribution < -0.4 is 18.9 Å². The molecule has 202 valence electrons. The van der Waals surface area contributed by atoms with Crippen LogP contribution in [-0.2, 0) is 19.2 Å². The van der Waals surface area contributed by atoms with Gasteiger partial charge in [-0.15, -0.1) is 0 Å². The van der Waals surface area contributed by atoms with Crippen molar-refractivity contribution in [1.82, 2.24) is 0 Å². The Morgan fingerprint density at radius 2 is 1.18 bits per heavy atom. The van der Waals surface area contributed by atoms with E-state index in [-0.39, 0.29) is 52.1 Å². The normalized spacial score (nSPS) is 10.4. The van der Waals surface area contributed by atoms with E-state index >= 15 is 0 Å². The number of rotatable bonds is 12. The summed E-state index contributed by atoms with van der Waals surface area (Å²) in [5.74, 6) is -1.52. The lowest BCUT2D eigenvalue weighted by Crippen LogP contribution is -2.12. The quantitative estimate of drug-likeness (QED) is 0.146. The number of benzene rings is 2. The highest BCUT2D eigenvalue weighted by Crippen LogP contribution is 2.30. The van der Waals surface area contributed by atoms with Gasteiger partial charge in [0.2, 0.25) is 0 Å². The predicted molar refractivity (Wildman–Crippen MR) is 148 cm³/mol. The van der Waals surface area contributed by atoms with E-state index in [1.165, 1.54) is 39.0 Å². The fourth-order valence-electron chi connectivity index (χ4n) is 2.67. The molecule has 8 heteroatoms. The molecular weight excluding hydrogens is 500 g/mol. The monoisotopic (exact) mass is 530 g/mol. The molecule has 0 radical (unpaired) electrons. The maximum atomic E-state index is 12.2. The van der Waals surface area contributed by atoms with E-state index in [2.05, 4.69) is 26.3 Å². The minimum atomic E-state index is -0.667. The summed E-state index contributed by atoms with van der Waals surface area (Å²) in [5, 5.41) is 0. The van der Waals surface area contributed by atoms with Gasteiger partial charge in [0.05, 0.1) is 0 Å². The number of Topliss-reactive ketones (excluding diaryl/α,β-unsaturated/α-hetero) is 1. The summed E-state index contributed by atoms with van der Waals surface area (Å²) in [5.41, 5.74) is 1.92. The molecule has 0 saturated carbocycles. The van der Waals surface area contributed by atoms with Crippen LogP contribution in [0.4, 0.5) is 0 Å². The summed E-state index contributed by atoms with van der Waals surface area (Å²) in [7, 11) is 0. The van der Waals surface area contributed by atoms with E-state index in [1.54, 1.807) is 37.3 Å². The Balaban J connectivity index is 2.47. The smallest absolute Gasteiger partial charge is 0.338 e. The molecule has 0 saturated heterocycles. The molecule has 0 aliphatic rings. The second kappa shape index (κ2) is 13.5. The highest BCUT2D eigenvalue weighted by atomic mass is 16.5. The van der Waals surface area contributed by atoms with Crippen molar-refractivity contribution in [1.29, 1.82) is 0 Å². The first-order valence-electron chi connectivity index (χ1n) is 11.7. The van der Waals surface area contributed by atoms with Crippen molar-refractivity contribution in [2.24, 2.45) is 0 Å². The Kier molecular flexibility index (Phi) is 10.5. The zero-order chi connectivity index (χ0) is 29.3. The summed E-state index contributed by atoms with van der Waals surface area (Å²) in [6.45, 7) is 20.2. The molecule has 0 spiro atoms. The Bertz CT molecular complexity index is 1410. The van der Waals surface area contributed by atoms with Crippen molar-refractivity contribution in [3.63, 3.8) is 0 Å². The molecule has 0 amide bonds. The van der Waals surface area contributed by atoms with Gasteiger partial charge in [-0.2, -0.15) is 0 Å². The van der Waals surface area contributed by atoms with Crippen molar-refractivity contribution in [2.75, 3.05) is 6.61 Å².